The Labute approximate surface area is 444 Å². The normalized spacial score (nSPS) is 18.3. The molecule has 8 rings (SSSR count). The minimum absolute atomic E-state index is 0.0801. The molecule has 0 unspecified atom stereocenters. The fraction of sp³-hybridized carbons (Fsp3) is 0.355. The van der Waals surface area contributed by atoms with Crippen molar-refractivity contribution in [1.82, 2.24) is 9.80 Å². The lowest BCUT2D eigenvalue weighted by Gasteiger charge is -2.27. The highest BCUT2D eigenvalue weighted by molar-refractivity contribution is 7.98. The van der Waals surface area contributed by atoms with Crippen LogP contribution in [0.5, 0.6) is 11.5 Å². The molecule has 2 N–H and O–H groups in total. The number of nitrogens with zero attached hydrogens (tertiary/aromatic N) is 2. The Hall–Kier alpha value is -6.18. The summed E-state index contributed by atoms with van der Waals surface area (Å²) < 4.78 is 12.5. The van der Waals surface area contributed by atoms with E-state index in [4.69, 9.17) is 9.47 Å². The maximum Gasteiger partial charge on any atom is 0.347 e. The predicted molar refractivity (Wildman–Crippen MR) is 296 cm³/mol. The Morgan fingerprint density at radius 1 is 0.527 bits per heavy atom. The molecule has 0 radical (unpaired) electrons. The van der Waals surface area contributed by atoms with Crippen LogP contribution in [0.15, 0.2) is 137 Å². The highest BCUT2D eigenvalue weighted by Crippen LogP contribution is 2.42. The summed E-state index contributed by atoms with van der Waals surface area (Å²) in [5, 5.41) is 20.1. The molecule has 2 fully saturated rings. The van der Waals surface area contributed by atoms with Gasteiger partial charge in [-0.3, -0.25) is 19.4 Å². The average molecular weight is 1030 g/mol. The van der Waals surface area contributed by atoms with Gasteiger partial charge in [0.15, 0.2) is 22.8 Å². The number of carboxylic acid groups (broad SMARTS) is 2. The van der Waals surface area contributed by atoms with Gasteiger partial charge >= 0.3 is 11.9 Å². The SMILES string of the molecule is CSc1ccc(C(=O)[C@H]2CN(Cc3ccccc3)C[C@@H]2c2cc(C)c(OC(C)(C)C(=O)O)c(Cc3cccc(CN4C[C@@H](C(=O)c5ccc(SC)cc5)[C@H](c5cc(C)c(OC(C)(C)C(=O)O)c(C)c5)C4)c3)c2)cc1. The summed E-state index contributed by atoms with van der Waals surface area (Å²) in [4.78, 5) is 60.6. The predicted octanol–water partition coefficient (Wildman–Crippen LogP) is 12.3. The van der Waals surface area contributed by atoms with Gasteiger partial charge in [0.05, 0.1) is 0 Å². The molecule has 0 saturated carbocycles. The van der Waals surface area contributed by atoms with Crippen LogP contribution in [-0.2, 0) is 29.1 Å². The van der Waals surface area contributed by atoms with Crippen molar-refractivity contribution in [3.63, 3.8) is 0 Å². The van der Waals surface area contributed by atoms with Gasteiger partial charge in [0, 0.05) is 90.3 Å². The van der Waals surface area contributed by atoms with E-state index in [1.54, 1.807) is 37.4 Å². The van der Waals surface area contributed by atoms with Gasteiger partial charge in [-0.05, 0) is 135 Å². The number of hydrogen-bond donors (Lipinski definition) is 2. The Morgan fingerprint density at radius 2 is 0.946 bits per heavy atom. The number of rotatable bonds is 20. The van der Waals surface area contributed by atoms with Gasteiger partial charge < -0.3 is 19.7 Å². The van der Waals surface area contributed by atoms with Crippen LogP contribution in [0.1, 0.15) is 110 Å². The standard InChI is InChI=1S/C62H68N2O8S2/c1-38-26-46(27-39(2)57(38)71-61(4,5)59(67)68)51-34-64(37-53(51)55(65)44-18-22-49(73-8)23-19-44)33-43-17-13-16-42(29-43)30-48-31-47(28-40(3)58(48)72-62(6,7)60(69)70)52-35-63(32-41-14-11-10-12-15-41)36-54(52)56(66)45-20-24-50(74-9)25-21-45/h10-29,31,51-54H,30,32-37H2,1-9H3,(H,67,68)(H,69,70)/t51-,52+,53+,54-/m0/s1. The molecule has 0 amide bonds. The van der Waals surface area contributed by atoms with E-state index in [2.05, 4.69) is 52.3 Å². The van der Waals surface area contributed by atoms with Crippen molar-refractivity contribution in [2.45, 2.75) is 101 Å². The Kier molecular flexibility index (Phi) is 16.6. The summed E-state index contributed by atoms with van der Waals surface area (Å²) in [7, 11) is 0. The highest BCUT2D eigenvalue weighted by atomic mass is 32.2. The molecule has 74 heavy (non-hydrogen) atoms. The molecule has 10 nitrogen and oxygen atoms in total. The van der Waals surface area contributed by atoms with Crippen LogP contribution < -0.4 is 9.47 Å². The summed E-state index contributed by atoms with van der Waals surface area (Å²) >= 11 is 3.27. The van der Waals surface area contributed by atoms with Crippen molar-refractivity contribution in [1.29, 1.82) is 0 Å². The van der Waals surface area contributed by atoms with Crippen LogP contribution in [0.3, 0.4) is 0 Å². The van der Waals surface area contributed by atoms with Gasteiger partial charge in [0.2, 0.25) is 0 Å². The van der Waals surface area contributed by atoms with Crippen LogP contribution in [0, 0.1) is 32.6 Å². The summed E-state index contributed by atoms with van der Waals surface area (Å²) in [6, 6.07) is 42.8. The molecule has 386 valence electrons. The van der Waals surface area contributed by atoms with E-state index < -0.39 is 23.1 Å². The number of thioether (sulfide) groups is 2. The number of carboxylic acids is 2. The van der Waals surface area contributed by atoms with Gasteiger partial charge in [-0.25, -0.2) is 9.59 Å². The van der Waals surface area contributed by atoms with Gasteiger partial charge in [-0.2, -0.15) is 0 Å². The van der Waals surface area contributed by atoms with Gasteiger partial charge in [-0.15, -0.1) is 23.5 Å². The molecule has 2 saturated heterocycles. The minimum atomic E-state index is -1.51. The lowest BCUT2D eigenvalue weighted by Crippen LogP contribution is -2.38. The zero-order valence-electron chi connectivity index (χ0n) is 43.9. The number of likely N-dealkylation sites (tertiary alicyclic amines) is 2. The van der Waals surface area contributed by atoms with E-state index in [1.165, 1.54) is 19.4 Å². The zero-order chi connectivity index (χ0) is 53.1. The molecule has 6 aromatic carbocycles. The average Bonchev–Trinajstić information content (AvgIpc) is 4.00. The number of benzene rings is 6. The Morgan fingerprint density at radius 3 is 1.42 bits per heavy atom. The third-order valence-corrected chi connectivity index (χ3v) is 16.2. The molecule has 4 atom stereocenters. The molecule has 0 aromatic heterocycles. The van der Waals surface area contributed by atoms with E-state index in [9.17, 15) is 29.4 Å². The maximum absolute atomic E-state index is 14.6. The smallest absolute Gasteiger partial charge is 0.347 e. The first-order valence-electron chi connectivity index (χ1n) is 25.3. The number of carbonyl (C=O) groups is 4. The summed E-state index contributed by atoms with van der Waals surface area (Å²) in [5.74, 6) is -1.82. The van der Waals surface area contributed by atoms with Crippen LogP contribution in [0.25, 0.3) is 0 Å². The molecule has 0 bridgehead atoms. The second kappa shape index (κ2) is 22.7. The van der Waals surface area contributed by atoms with Crippen molar-refractivity contribution in [3.8, 4) is 11.5 Å². The molecule has 2 aliphatic heterocycles. The lowest BCUT2D eigenvalue weighted by molar-refractivity contribution is -0.152. The van der Waals surface area contributed by atoms with E-state index in [1.807, 2.05) is 118 Å². The first-order chi connectivity index (χ1) is 35.2. The number of carbonyl (C=O) groups excluding carboxylic acids is 2. The molecule has 2 heterocycles. The second-order valence-corrected chi connectivity index (χ2v) is 22.9. The van der Waals surface area contributed by atoms with E-state index >= 15 is 0 Å². The van der Waals surface area contributed by atoms with E-state index in [0.29, 0.717) is 68.3 Å². The summed E-state index contributed by atoms with van der Waals surface area (Å²) in [6.07, 6.45) is 4.49. The molecule has 0 spiro atoms. The number of Topliss-reactive ketones (excluding diaryl/α,β-unsaturated/α-hetero) is 2. The van der Waals surface area contributed by atoms with Crippen LogP contribution in [0.4, 0.5) is 0 Å². The third kappa shape index (κ3) is 12.3. The number of aryl methyl sites for hydroxylation is 3. The lowest BCUT2D eigenvalue weighted by atomic mass is 9.82. The van der Waals surface area contributed by atoms with Crippen molar-refractivity contribution in [3.05, 3.63) is 189 Å². The van der Waals surface area contributed by atoms with Gasteiger partial charge in [-0.1, -0.05) is 103 Å². The minimum Gasteiger partial charge on any atom is -0.478 e. The molecule has 6 aromatic rings. The molecule has 12 heteroatoms. The van der Waals surface area contributed by atoms with Crippen LogP contribution in [0.2, 0.25) is 0 Å². The van der Waals surface area contributed by atoms with E-state index in [0.717, 1.165) is 54.3 Å². The van der Waals surface area contributed by atoms with E-state index in [-0.39, 0.29) is 35.2 Å². The molecule has 0 aliphatic carbocycles. The number of hydrogen-bond acceptors (Lipinski definition) is 10. The quantitative estimate of drug-likeness (QED) is 0.0557. The topological polar surface area (TPSA) is 134 Å². The Bertz CT molecular complexity index is 3000. The van der Waals surface area contributed by atoms with Crippen molar-refractivity contribution in [2.24, 2.45) is 11.8 Å². The van der Waals surface area contributed by atoms with Gasteiger partial charge in [0.1, 0.15) is 11.5 Å². The number of aliphatic carboxylic acids is 2. The molecular weight excluding hydrogens is 965 g/mol. The zero-order valence-corrected chi connectivity index (χ0v) is 45.6. The van der Waals surface area contributed by atoms with Crippen LogP contribution in [-0.4, -0.2) is 93.4 Å². The van der Waals surface area contributed by atoms with Crippen molar-refractivity contribution < 1.29 is 38.9 Å². The third-order valence-electron chi connectivity index (χ3n) is 14.7. The Balaban J connectivity index is 1.11. The first kappa shape index (κ1) is 54.1. The maximum atomic E-state index is 14.6. The van der Waals surface area contributed by atoms with Crippen molar-refractivity contribution in [2.75, 3.05) is 38.7 Å². The fourth-order valence-electron chi connectivity index (χ4n) is 10.7. The van der Waals surface area contributed by atoms with Gasteiger partial charge in [0.25, 0.3) is 0 Å². The molecule has 2 aliphatic rings. The molecular formula is C62H68N2O8S2. The highest BCUT2D eigenvalue weighted by Gasteiger charge is 2.42. The number of ether oxygens (including phenoxy) is 2. The summed E-state index contributed by atoms with van der Waals surface area (Å²) in [5.41, 5.74) is 6.97. The monoisotopic (exact) mass is 1030 g/mol. The van der Waals surface area contributed by atoms with Crippen molar-refractivity contribution >= 4 is 47.0 Å². The van der Waals surface area contributed by atoms with Crippen LogP contribution >= 0.6 is 23.5 Å². The largest absolute Gasteiger partial charge is 0.478 e. The first-order valence-corrected chi connectivity index (χ1v) is 27.7. The number of ketones is 2. The second-order valence-electron chi connectivity index (χ2n) is 21.1. The summed E-state index contributed by atoms with van der Waals surface area (Å²) in [6.45, 7) is 15.7. The fourth-order valence-corrected chi connectivity index (χ4v) is 11.5.